The van der Waals surface area contributed by atoms with Gasteiger partial charge in [-0.15, -0.1) is 0 Å². The zero-order valence-electron chi connectivity index (χ0n) is 12.0. The number of alkyl halides is 4. The van der Waals surface area contributed by atoms with E-state index in [1.54, 1.807) is 0 Å². The normalized spacial score (nSPS) is 17.6. The Kier molecular flexibility index (Phi) is 5.21. The SMILES string of the molecule is NC1=CN(c2c([N+](=O)[O-])cc(C(F)(F)F)c(Cl)c2[N+](=O)[O-])C(Cl)N=C1Cl. The van der Waals surface area contributed by atoms with Gasteiger partial charge in [0.15, 0.2) is 5.17 Å². The van der Waals surface area contributed by atoms with Gasteiger partial charge in [-0.2, -0.15) is 13.2 Å². The van der Waals surface area contributed by atoms with E-state index in [0.29, 0.717) is 4.90 Å². The second-order valence-corrected chi connectivity index (χ2v) is 5.82. The van der Waals surface area contributed by atoms with Gasteiger partial charge in [0.2, 0.25) is 11.3 Å². The van der Waals surface area contributed by atoms with E-state index in [-0.39, 0.29) is 16.9 Å². The van der Waals surface area contributed by atoms with Crippen molar-refractivity contribution in [3.05, 3.63) is 48.8 Å². The Morgan fingerprint density at radius 1 is 1.23 bits per heavy atom. The third-order valence-corrected chi connectivity index (χ3v) is 4.11. The summed E-state index contributed by atoms with van der Waals surface area (Å²) in [5, 5.41) is 21.0. The molecule has 9 nitrogen and oxygen atoms in total. The minimum Gasteiger partial charge on any atom is -0.395 e. The molecule has 1 heterocycles. The summed E-state index contributed by atoms with van der Waals surface area (Å²) in [6.07, 6.45) is -4.31. The average Bonchev–Trinajstić information content (AvgIpc) is 2.48. The smallest absolute Gasteiger partial charge is 0.395 e. The number of nitrogens with two attached hydrogens (primary N) is 1. The third-order valence-electron chi connectivity index (χ3n) is 3.10. The van der Waals surface area contributed by atoms with Crippen molar-refractivity contribution in [1.29, 1.82) is 0 Å². The number of anilines is 1. The summed E-state index contributed by atoms with van der Waals surface area (Å²) in [6, 6.07) is 0.0677. The summed E-state index contributed by atoms with van der Waals surface area (Å²) >= 11 is 17.0. The zero-order chi connectivity index (χ0) is 20.0. The van der Waals surface area contributed by atoms with Crippen LogP contribution >= 0.6 is 34.8 Å². The molecule has 0 fully saturated rings. The molecule has 0 aliphatic carbocycles. The van der Waals surface area contributed by atoms with Crippen LogP contribution in [0.5, 0.6) is 0 Å². The number of nitro groups is 2. The first-order valence-electron chi connectivity index (χ1n) is 6.22. The Hall–Kier alpha value is -2.31. The number of nitro benzene ring substituents is 2. The Bertz CT molecular complexity index is 874. The van der Waals surface area contributed by atoms with Crippen LogP contribution in [0, 0.1) is 20.2 Å². The number of halogens is 6. The molecular weight excluding hydrogens is 430 g/mol. The van der Waals surface area contributed by atoms with E-state index in [0.717, 1.165) is 6.20 Å². The molecule has 1 aromatic rings. The first-order valence-corrected chi connectivity index (χ1v) is 7.41. The number of hydrogen-bond acceptors (Lipinski definition) is 7. The van der Waals surface area contributed by atoms with Crippen LogP contribution in [-0.2, 0) is 6.18 Å². The molecule has 2 N–H and O–H groups in total. The Morgan fingerprint density at radius 3 is 2.27 bits per heavy atom. The van der Waals surface area contributed by atoms with Crippen LogP contribution in [0.1, 0.15) is 5.56 Å². The second kappa shape index (κ2) is 6.78. The van der Waals surface area contributed by atoms with Gasteiger partial charge in [0.05, 0.1) is 21.1 Å². The summed E-state index contributed by atoms with van der Waals surface area (Å²) in [5.74, 6) is 0. The predicted octanol–water partition coefficient (Wildman–Crippen LogP) is 3.96. The van der Waals surface area contributed by atoms with Crippen molar-refractivity contribution in [2.24, 2.45) is 10.7 Å². The predicted molar refractivity (Wildman–Crippen MR) is 87.4 cm³/mol. The molecule has 0 saturated carbocycles. The Labute approximate surface area is 156 Å². The van der Waals surface area contributed by atoms with Crippen LogP contribution in [-0.4, -0.2) is 20.6 Å². The lowest BCUT2D eigenvalue weighted by molar-refractivity contribution is -0.392. The van der Waals surface area contributed by atoms with E-state index in [9.17, 15) is 33.4 Å². The molecule has 0 bridgehead atoms. The van der Waals surface area contributed by atoms with Crippen LogP contribution in [0.2, 0.25) is 5.02 Å². The van der Waals surface area contributed by atoms with Crippen LogP contribution in [0.25, 0.3) is 0 Å². The molecule has 15 heteroatoms. The third kappa shape index (κ3) is 3.48. The van der Waals surface area contributed by atoms with Crippen molar-refractivity contribution in [3.8, 4) is 0 Å². The van der Waals surface area contributed by atoms with Gasteiger partial charge in [-0.1, -0.05) is 34.8 Å². The molecule has 0 radical (unpaired) electrons. The van der Waals surface area contributed by atoms with Gasteiger partial charge in [0.25, 0.3) is 0 Å². The quantitative estimate of drug-likeness (QED) is 0.332. The maximum atomic E-state index is 13.1. The molecule has 1 aromatic carbocycles. The van der Waals surface area contributed by atoms with Crippen LogP contribution in [0.4, 0.5) is 30.2 Å². The molecule has 0 spiro atoms. The van der Waals surface area contributed by atoms with E-state index in [2.05, 4.69) is 4.99 Å². The summed E-state index contributed by atoms with van der Waals surface area (Å²) in [5.41, 5.74) is -1.64. The molecule has 1 aliphatic heterocycles. The number of allylic oxidation sites excluding steroid dienone is 1. The van der Waals surface area contributed by atoms with Gasteiger partial charge < -0.3 is 5.73 Å². The fourth-order valence-corrected chi connectivity index (χ4v) is 2.82. The lowest BCUT2D eigenvalue weighted by atomic mass is 10.1. The minimum absolute atomic E-state index is 0.0677. The van der Waals surface area contributed by atoms with Gasteiger partial charge >= 0.3 is 17.6 Å². The van der Waals surface area contributed by atoms with Gasteiger partial charge in [0.1, 0.15) is 5.02 Å². The molecule has 140 valence electrons. The lowest BCUT2D eigenvalue weighted by Gasteiger charge is -2.27. The van der Waals surface area contributed by atoms with Crippen molar-refractivity contribution in [3.63, 3.8) is 0 Å². The second-order valence-electron chi connectivity index (χ2n) is 4.69. The Morgan fingerprint density at radius 2 is 1.81 bits per heavy atom. The molecule has 0 aromatic heterocycles. The van der Waals surface area contributed by atoms with Crippen LogP contribution < -0.4 is 10.6 Å². The van der Waals surface area contributed by atoms with Crippen LogP contribution in [0.3, 0.4) is 0 Å². The molecule has 26 heavy (non-hydrogen) atoms. The highest BCUT2D eigenvalue weighted by Gasteiger charge is 2.44. The molecule has 0 amide bonds. The van der Waals surface area contributed by atoms with Crippen LogP contribution in [0.15, 0.2) is 23.0 Å². The average molecular weight is 435 g/mol. The highest BCUT2D eigenvalue weighted by Crippen LogP contribution is 2.50. The van der Waals surface area contributed by atoms with Crippen molar-refractivity contribution in [2.75, 3.05) is 4.90 Å². The number of nitrogens with zero attached hydrogens (tertiary/aromatic N) is 4. The maximum absolute atomic E-state index is 13.1. The van der Waals surface area contributed by atoms with Gasteiger partial charge in [0, 0.05) is 12.3 Å². The fraction of sp³-hybridized carbons (Fsp3) is 0.182. The summed E-state index contributed by atoms with van der Waals surface area (Å²) in [6.45, 7) is 0. The van der Waals surface area contributed by atoms with E-state index in [4.69, 9.17) is 40.5 Å². The zero-order valence-corrected chi connectivity index (χ0v) is 14.3. The number of rotatable bonds is 3. The summed E-state index contributed by atoms with van der Waals surface area (Å²) < 4.78 is 39.2. The first-order chi connectivity index (χ1) is 11.9. The highest BCUT2D eigenvalue weighted by atomic mass is 35.5. The maximum Gasteiger partial charge on any atom is 0.418 e. The topological polar surface area (TPSA) is 128 Å². The number of benzene rings is 1. The molecule has 1 aliphatic rings. The molecule has 1 atom stereocenters. The van der Waals surface area contributed by atoms with E-state index in [1.165, 1.54) is 0 Å². The largest absolute Gasteiger partial charge is 0.418 e. The number of aliphatic imine (C=N–C) groups is 1. The van der Waals surface area contributed by atoms with Crippen molar-refractivity contribution in [2.45, 2.75) is 11.8 Å². The summed E-state index contributed by atoms with van der Waals surface area (Å²) in [4.78, 5) is 24.3. The van der Waals surface area contributed by atoms with Gasteiger partial charge in [-0.05, 0) is 0 Å². The molecule has 2 rings (SSSR count). The van der Waals surface area contributed by atoms with E-state index in [1.807, 2.05) is 0 Å². The minimum atomic E-state index is -5.18. The number of hydrogen-bond donors (Lipinski definition) is 1. The van der Waals surface area contributed by atoms with Crippen molar-refractivity contribution >= 4 is 57.0 Å². The van der Waals surface area contributed by atoms with Gasteiger partial charge in [-0.25, -0.2) is 4.99 Å². The van der Waals surface area contributed by atoms with E-state index >= 15 is 0 Å². The molecule has 1 unspecified atom stereocenters. The van der Waals surface area contributed by atoms with Gasteiger partial charge in [-0.3, -0.25) is 25.1 Å². The van der Waals surface area contributed by atoms with E-state index < -0.39 is 49.3 Å². The Balaban J connectivity index is 2.91. The van der Waals surface area contributed by atoms with Crippen molar-refractivity contribution < 1.29 is 23.0 Å². The standard InChI is InChI=1S/C11H5Cl3F3N5O4/c12-6-3(11(15,16)17)1-5(21(23)24)7(8(6)22(25)26)20-2-4(18)9(13)19-10(20)14/h1-2,10H,18H2. The first kappa shape index (κ1) is 20.0. The highest BCUT2D eigenvalue weighted by molar-refractivity contribution is 6.69. The lowest BCUT2D eigenvalue weighted by Crippen LogP contribution is -2.32. The monoisotopic (exact) mass is 433 g/mol. The fourth-order valence-electron chi connectivity index (χ4n) is 2.05. The van der Waals surface area contributed by atoms with Crippen molar-refractivity contribution in [1.82, 2.24) is 0 Å². The molecular formula is C11H5Cl3F3N5O4. The molecule has 0 saturated heterocycles. The summed E-state index contributed by atoms with van der Waals surface area (Å²) in [7, 11) is 0.